The molecule has 146 valence electrons. The molecule has 0 bridgehead atoms. The van der Waals surface area contributed by atoms with E-state index in [1.165, 1.54) is 18.3 Å². The fraction of sp³-hybridized carbons (Fsp3) is 0. The highest BCUT2D eigenvalue weighted by Crippen LogP contribution is 2.25. The van der Waals surface area contributed by atoms with Crippen molar-refractivity contribution in [1.29, 1.82) is 0 Å². The Hall–Kier alpha value is -4.34. The fourth-order valence-corrected chi connectivity index (χ4v) is 2.79. The summed E-state index contributed by atoms with van der Waals surface area (Å²) in [6, 6.07) is 10.9. The number of imidazole rings is 2. The summed E-state index contributed by atoms with van der Waals surface area (Å²) < 4.78 is 14.4. The van der Waals surface area contributed by atoms with Gasteiger partial charge >= 0.3 is 6.03 Å². The number of aromatic amines is 2. The Bertz CT molecular complexity index is 1170. The average Bonchev–Trinajstić information content (AvgIpc) is 3.31. The van der Waals surface area contributed by atoms with Crippen molar-refractivity contribution in [2.45, 2.75) is 0 Å². The van der Waals surface area contributed by atoms with E-state index in [9.17, 15) is 9.18 Å². The van der Waals surface area contributed by atoms with Crippen LogP contribution in [0.4, 0.5) is 32.5 Å². The third kappa shape index (κ3) is 4.00. The van der Waals surface area contributed by atoms with Gasteiger partial charge in [-0.3, -0.25) is 0 Å². The highest BCUT2D eigenvalue weighted by Gasteiger charge is 2.10. The van der Waals surface area contributed by atoms with E-state index in [2.05, 4.69) is 30.6 Å². The van der Waals surface area contributed by atoms with E-state index in [1.807, 2.05) is 12.1 Å². The number of aromatic nitrogens is 4. The van der Waals surface area contributed by atoms with Crippen LogP contribution in [0.2, 0.25) is 0 Å². The summed E-state index contributed by atoms with van der Waals surface area (Å²) in [5.74, 6) is 0.00783. The number of hydrogen-bond acceptors (Lipinski definition) is 5. The lowest BCUT2D eigenvalue weighted by atomic mass is 10.1. The highest BCUT2D eigenvalue weighted by atomic mass is 19.1. The number of hydrogen-bond donors (Lipinski definition) is 6. The van der Waals surface area contributed by atoms with Gasteiger partial charge in [-0.1, -0.05) is 12.1 Å². The highest BCUT2D eigenvalue weighted by molar-refractivity contribution is 6.00. The fourth-order valence-electron chi connectivity index (χ4n) is 2.79. The van der Waals surface area contributed by atoms with Gasteiger partial charge in [0, 0.05) is 16.9 Å². The van der Waals surface area contributed by atoms with Crippen LogP contribution in [-0.2, 0) is 0 Å². The zero-order chi connectivity index (χ0) is 20.4. The van der Waals surface area contributed by atoms with Gasteiger partial charge < -0.3 is 32.1 Å². The number of nitrogens with two attached hydrogens (primary N) is 2. The second kappa shape index (κ2) is 7.35. The quantitative estimate of drug-likeness (QED) is 0.314. The van der Waals surface area contributed by atoms with Gasteiger partial charge in [-0.25, -0.2) is 19.2 Å². The molecule has 0 aliphatic rings. The standard InChI is InChI=1S/C19H17FN8O/c20-14-7-12(5-6-13(14)16-9-24-18(22)28-16)26-19(29)25-11-3-1-10(2-4-11)15-8-23-17(21)27-15/h1-9H,(H3,21,23,27)(H3,22,24,28)(H2,25,26,29). The van der Waals surface area contributed by atoms with Crippen LogP contribution < -0.4 is 22.1 Å². The predicted octanol–water partition coefficient (Wildman–Crippen LogP) is 3.41. The van der Waals surface area contributed by atoms with Crippen molar-refractivity contribution in [1.82, 2.24) is 19.9 Å². The first-order valence-electron chi connectivity index (χ1n) is 8.57. The third-order valence-electron chi connectivity index (χ3n) is 4.16. The molecule has 8 N–H and O–H groups in total. The van der Waals surface area contributed by atoms with Crippen LogP contribution in [-0.4, -0.2) is 26.0 Å². The Labute approximate surface area is 164 Å². The van der Waals surface area contributed by atoms with Crippen molar-refractivity contribution < 1.29 is 9.18 Å². The van der Waals surface area contributed by atoms with E-state index in [1.54, 1.807) is 24.4 Å². The first-order chi connectivity index (χ1) is 14.0. The molecule has 10 heteroatoms. The van der Waals surface area contributed by atoms with E-state index in [0.717, 1.165) is 11.3 Å². The summed E-state index contributed by atoms with van der Waals surface area (Å²) in [6.07, 6.45) is 3.06. The number of nitrogen functional groups attached to an aromatic ring is 2. The van der Waals surface area contributed by atoms with Crippen LogP contribution in [0.3, 0.4) is 0 Å². The van der Waals surface area contributed by atoms with Gasteiger partial charge in [-0.05, 0) is 35.9 Å². The van der Waals surface area contributed by atoms with Crippen molar-refractivity contribution in [3.63, 3.8) is 0 Å². The number of nitrogens with one attached hydrogen (secondary N) is 4. The van der Waals surface area contributed by atoms with Crippen LogP contribution >= 0.6 is 0 Å². The zero-order valence-corrected chi connectivity index (χ0v) is 15.0. The molecule has 0 unspecified atom stereocenters. The lowest BCUT2D eigenvalue weighted by molar-refractivity contribution is 0.262. The summed E-state index contributed by atoms with van der Waals surface area (Å²) in [7, 11) is 0. The Morgan fingerprint density at radius 2 is 1.45 bits per heavy atom. The minimum Gasteiger partial charge on any atom is -0.369 e. The van der Waals surface area contributed by atoms with Gasteiger partial charge in [0.1, 0.15) is 5.82 Å². The summed E-state index contributed by atoms with van der Waals surface area (Å²) >= 11 is 0. The van der Waals surface area contributed by atoms with Crippen LogP contribution in [0.15, 0.2) is 54.9 Å². The number of nitrogens with zero attached hydrogens (tertiary/aromatic N) is 2. The number of urea groups is 1. The number of H-pyrrole nitrogens is 2. The molecule has 0 aliphatic heterocycles. The molecule has 4 aromatic rings. The summed E-state index contributed by atoms with van der Waals surface area (Å²) in [4.78, 5) is 25.7. The maximum absolute atomic E-state index is 14.4. The number of amides is 2. The van der Waals surface area contributed by atoms with Gasteiger partial charge in [0.15, 0.2) is 11.9 Å². The lowest BCUT2D eigenvalue weighted by Crippen LogP contribution is -2.19. The Kier molecular flexibility index (Phi) is 4.57. The van der Waals surface area contributed by atoms with Crippen LogP contribution in [0.25, 0.3) is 22.5 Å². The lowest BCUT2D eigenvalue weighted by Gasteiger charge is -2.09. The largest absolute Gasteiger partial charge is 0.369 e. The van der Waals surface area contributed by atoms with Gasteiger partial charge in [0.05, 0.1) is 23.8 Å². The molecule has 0 saturated heterocycles. The van der Waals surface area contributed by atoms with E-state index < -0.39 is 11.8 Å². The Balaban J connectivity index is 1.41. The monoisotopic (exact) mass is 392 g/mol. The Morgan fingerprint density at radius 1 is 0.862 bits per heavy atom. The zero-order valence-electron chi connectivity index (χ0n) is 15.0. The molecule has 2 heterocycles. The molecule has 2 aromatic carbocycles. The van der Waals surface area contributed by atoms with Gasteiger partial charge in [-0.2, -0.15) is 0 Å². The first-order valence-corrected chi connectivity index (χ1v) is 8.57. The minimum atomic E-state index is -0.519. The average molecular weight is 392 g/mol. The minimum absolute atomic E-state index is 0.197. The van der Waals surface area contributed by atoms with Gasteiger partial charge in [-0.15, -0.1) is 0 Å². The normalized spacial score (nSPS) is 10.7. The molecule has 0 atom stereocenters. The molecular weight excluding hydrogens is 375 g/mol. The first kappa shape index (κ1) is 18.0. The molecule has 29 heavy (non-hydrogen) atoms. The van der Waals surface area contributed by atoms with Crippen molar-refractivity contribution in [3.05, 3.63) is 60.7 Å². The molecule has 0 radical (unpaired) electrons. The van der Waals surface area contributed by atoms with Crippen LogP contribution in [0.5, 0.6) is 0 Å². The second-order valence-corrected chi connectivity index (χ2v) is 6.22. The SMILES string of the molecule is Nc1ncc(-c2ccc(NC(=O)Nc3ccc(-c4cnc(N)[nH]4)c(F)c3)cc2)[nH]1. The van der Waals surface area contributed by atoms with Gasteiger partial charge in [0.25, 0.3) is 0 Å². The third-order valence-corrected chi connectivity index (χ3v) is 4.16. The van der Waals surface area contributed by atoms with Crippen molar-refractivity contribution >= 4 is 29.3 Å². The maximum atomic E-state index is 14.4. The maximum Gasteiger partial charge on any atom is 0.323 e. The van der Waals surface area contributed by atoms with E-state index in [4.69, 9.17) is 11.5 Å². The van der Waals surface area contributed by atoms with Crippen molar-refractivity contribution in [3.8, 4) is 22.5 Å². The van der Waals surface area contributed by atoms with E-state index >= 15 is 0 Å². The number of anilines is 4. The molecule has 4 rings (SSSR count). The smallest absolute Gasteiger partial charge is 0.323 e. The summed E-state index contributed by atoms with van der Waals surface area (Å²) in [6.45, 7) is 0. The van der Waals surface area contributed by atoms with E-state index in [0.29, 0.717) is 28.6 Å². The van der Waals surface area contributed by atoms with Gasteiger partial charge in [0.2, 0.25) is 0 Å². The molecule has 0 aliphatic carbocycles. The summed E-state index contributed by atoms with van der Waals surface area (Å²) in [5, 5.41) is 5.28. The molecule has 0 spiro atoms. The molecule has 9 nitrogen and oxygen atoms in total. The molecular formula is C19H17FN8O. The molecule has 0 fully saturated rings. The number of halogens is 1. The Morgan fingerprint density at radius 3 is 2.03 bits per heavy atom. The van der Waals surface area contributed by atoms with Crippen LogP contribution in [0.1, 0.15) is 0 Å². The molecule has 2 aromatic heterocycles. The van der Waals surface area contributed by atoms with Crippen LogP contribution in [0, 0.1) is 5.82 Å². The summed E-state index contributed by atoms with van der Waals surface area (Å²) in [5.41, 5.74) is 14.4. The topological polar surface area (TPSA) is 151 Å². The number of rotatable bonds is 4. The van der Waals surface area contributed by atoms with E-state index in [-0.39, 0.29) is 5.95 Å². The van der Waals surface area contributed by atoms with Crippen molar-refractivity contribution in [2.75, 3.05) is 22.1 Å². The second-order valence-electron chi connectivity index (χ2n) is 6.22. The van der Waals surface area contributed by atoms with Crippen molar-refractivity contribution in [2.24, 2.45) is 0 Å². The number of benzene rings is 2. The number of carbonyl (C=O) groups is 1. The number of carbonyl (C=O) groups excluding carboxylic acids is 1. The molecule has 2 amide bonds. The molecule has 0 saturated carbocycles. The predicted molar refractivity (Wildman–Crippen MR) is 109 cm³/mol.